The van der Waals surface area contributed by atoms with E-state index in [0.29, 0.717) is 58.3 Å². The van der Waals surface area contributed by atoms with E-state index in [4.69, 9.17) is 18.9 Å². The summed E-state index contributed by atoms with van der Waals surface area (Å²) in [5, 5.41) is 39.5. The van der Waals surface area contributed by atoms with Crippen LogP contribution < -0.4 is 18.9 Å². The van der Waals surface area contributed by atoms with Gasteiger partial charge in [0.2, 0.25) is 0 Å². The number of rotatable bonds is 14. The Kier molecular flexibility index (Phi) is 23.3. The van der Waals surface area contributed by atoms with Crippen LogP contribution in [0.4, 0.5) is 0 Å². The number of hydrogen-bond acceptors (Lipinski definition) is 12. The first-order valence-corrected chi connectivity index (χ1v) is 18.8. The molecule has 2 radical (unpaired) electrons. The Balaban J connectivity index is 0.000000344. The van der Waals surface area contributed by atoms with Gasteiger partial charge >= 0.3 is 0 Å². The average molecular weight is 938 g/mol. The molecule has 62 heavy (non-hydrogen) atoms. The summed E-state index contributed by atoms with van der Waals surface area (Å²) in [7, 11) is 6.21. The maximum atomic E-state index is 10.1. The third-order valence-electron chi connectivity index (χ3n) is 8.52. The first kappa shape index (κ1) is 51.6. The topological polar surface area (TPSA) is 167 Å². The zero-order valence-electron chi connectivity index (χ0n) is 34.8. The maximum Gasteiger partial charge on any atom is 0.165 e. The largest absolute Gasteiger partial charge is 0.507 e. The number of aromatic hydroxyl groups is 4. The van der Waals surface area contributed by atoms with Crippen molar-refractivity contribution in [1.82, 2.24) is 0 Å². The molecule has 6 aromatic rings. The Morgan fingerprint density at radius 2 is 0.790 bits per heavy atom. The third-order valence-corrected chi connectivity index (χ3v) is 8.52. The fourth-order valence-corrected chi connectivity index (χ4v) is 5.20. The van der Waals surface area contributed by atoms with Gasteiger partial charge in [-0.3, -0.25) is 20.0 Å². The Labute approximate surface area is 384 Å². The molecule has 0 amide bonds. The van der Waals surface area contributed by atoms with Gasteiger partial charge in [0, 0.05) is 112 Å². The van der Waals surface area contributed by atoms with Crippen LogP contribution in [0.5, 0.6) is 46.0 Å². The first-order chi connectivity index (χ1) is 29.2. The van der Waals surface area contributed by atoms with Gasteiger partial charge in [-0.2, -0.15) is 0 Å². The van der Waals surface area contributed by atoms with Gasteiger partial charge in [-0.05, 0) is 66.6 Å². The number of phenolic OH excluding ortho intramolecular Hbond substituents is 4. The molecular weight excluding hydrogens is 888 g/mol. The molecule has 4 N–H and O–H groups in total. The fraction of sp³-hybridized carbons (Fsp3) is 0.167. The minimum Gasteiger partial charge on any atom is -0.507 e. The number of phenols is 4. The van der Waals surface area contributed by atoms with Crippen molar-refractivity contribution >= 4 is 24.9 Å². The molecule has 6 rings (SSSR count). The van der Waals surface area contributed by atoms with Crippen molar-refractivity contribution in [2.45, 2.75) is 19.6 Å². The molecule has 0 saturated heterocycles. The maximum absolute atomic E-state index is 10.1. The van der Waals surface area contributed by atoms with Gasteiger partial charge in [0.25, 0.3) is 0 Å². The summed E-state index contributed by atoms with van der Waals surface area (Å²) in [5.74, 6) is 2.90. The minimum atomic E-state index is -0.542. The fourth-order valence-electron chi connectivity index (χ4n) is 5.20. The van der Waals surface area contributed by atoms with E-state index in [1.165, 1.54) is 26.4 Å². The van der Waals surface area contributed by atoms with Crippen molar-refractivity contribution in [3.63, 3.8) is 0 Å². The van der Waals surface area contributed by atoms with E-state index in [2.05, 4.69) is 20.0 Å². The minimum absolute atomic E-state index is 0. The molecule has 6 aromatic carbocycles. The summed E-state index contributed by atoms with van der Waals surface area (Å²) in [6.07, 6.45) is 5.91. The molecule has 0 fully saturated rings. The summed E-state index contributed by atoms with van der Waals surface area (Å²) in [4.78, 5) is 17.4. The van der Waals surface area contributed by atoms with Gasteiger partial charge in [-0.1, -0.05) is 60.7 Å². The predicted octanol–water partition coefficient (Wildman–Crippen LogP) is 9.21. The van der Waals surface area contributed by atoms with E-state index in [9.17, 15) is 20.4 Å². The molecule has 12 nitrogen and oxygen atoms in total. The first-order valence-electron chi connectivity index (χ1n) is 18.8. The second-order valence-electron chi connectivity index (χ2n) is 12.6. The second kappa shape index (κ2) is 28.1. The molecule has 0 atom stereocenters. The van der Waals surface area contributed by atoms with Crippen molar-refractivity contribution in [3.8, 4) is 46.0 Å². The van der Waals surface area contributed by atoms with E-state index >= 15 is 0 Å². The Hall–Kier alpha value is -6.56. The molecule has 0 aliphatic heterocycles. The molecular formula is C48H50Cu2N4O8. The summed E-state index contributed by atoms with van der Waals surface area (Å²) in [6.45, 7) is 3.26. The summed E-state index contributed by atoms with van der Waals surface area (Å²) in [5.41, 5.74) is 4.51. The SMILES string of the molecule is CCN=Cc1ccc(OC)cc1O.COc1ccc(/C=N/C(/N=C/c2ccc(OC)cc2O)c2ccccc2)c(O)c1.COc1ccc(C=NCc2ccccc2)c(O)c1.[Cu].[Cu]. The second-order valence-corrected chi connectivity index (χ2v) is 12.6. The van der Waals surface area contributed by atoms with Gasteiger partial charge < -0.3 is 39.4 Å². The van der Waals surface area contributed by atoms with E-state index < -0.39 is 6.17 Å². The molecule has 0 aromatic heterocycles. The average Bonchev–Trinajstić information content (AvgIpc) is 3.28. The van der Waals surface area contributed by atoms with Crippen LogP contribution in [-0.2, 0) is 40.7 Å². The van der Waals surface area contributed by atoms with Crippen molar-refractivity contribution in [2.75, 3.05) is 35.0 Å². The normalized spacial score (nSPS) is 10.7. The number of benzene rings is 6. The predicted molar refractivity (Wildman–Crippen MR) is 239 cm³/mol. The quantitative estimate of drug-likeness (QED) is 0.0620. The Morgan fingerprint density at radius 3 is 1.13 bits per heavy atom. The molecule has 0 heterocycles. The monoisotopic (exact) mass is 936 g/mol. The zero-order chi connectivity index (χ0) is 43.1. The number of ether oxygens (including phenoxy) is 4. The third kappa shape index (κ3) is 16.8. The van der Waals surface area contributed by atoms with Crippen LogP contribution in [0.25, 0.3) is 0 Å². The number of nitrogens with zero attached hydrogens (tertiary/aromatic N) is 4. The summed E-state index contributed by atoms with van der Waals surface area (Å²) < 4.78 is 20.2. The Morgan fingerprint density at radius 1 is 0.452 bits per heavy atom. The molecule has 0 aliphatic rings. The number of aliphatic imine (C=N–C) groups is 4. The van der Waals surface area contributed by atoms with Gasteiger partial charge in [0.15, 0.2) is 6.17 Å². The molecule has 0 spiro atoms. The van der Waals surface area contributed by atoms with Crippen molar-refractivity contribution < 1.29 is 73.5 Å². The van der Waals surface area contributed by atoms with Gasteiger partial charge in [-0.25, -0.2) is 0 Å². The summed E-state index contributed by atoms with van der Waals surface area (Å²) in [6, 6.07) is 39.8. The van der Waals surface area contributed by atoms with Gasteiger partial charge in [0.1, 0.15) is 46.0 Å². The van der Waals surface area contributed by atoms with E-state index in [0.717, 1.165) is 11.1 Å². The smallest absolute Gasteiger partial charge is 0.165 e. The van der Waals surface area contributed by atoms with Crippen molar-refractivity contribution in [3.05, 3.63) is 167 Å². The standard InChI is InChI=1S/C23H22N2O4.C15H15NO2.C10H13NO2.2Cu/c1-28-19-10-8-17(21(26)12-19)14-24-23(16-6-4-3-5-7-16)25-15-18-9-11-20(29-2)13-22(18)27;1-18-14-8-7-13(15(17)9-14)11-16-10-12-5-3-2-4-6-12;1-3-11-7-8-4-5-9(13-2)6-10(8)12;;/h3-15,23,26-27H,1-2H3;2-9,11,17H,10H2,1H3;4-7,12H,3H2,1-2H3;;/b24-14+,25-15+;;;;. The van der Waals surface area contributed by atoms with Crippen molar-refractivity contribution in [1.29, 1.82) is 0 Å². The van der Waals surface area contributed by atoms with E-state index in [-0.39, 0.29) is 57.1 Å². The zero-order valence-corrected chi connectivity index (χ0v) is 36.7. The molecule has 14 heteroatoms. The molecule has 0 unspecified atom stereocenters. The Bertz CT molecular complexity index is 2300. The molecule has 0 saturated carbocycles. The molecule has 0 bridgehead atoms. The van der Waals surface area contributed by atoms with Gasteiger partial charge in [0.05, 0.1) is 35.0 Å². The van der Waals surface area contributed by atoms with Crippen LogP contribution in [0.15, 0.2) is 153 Å². The van der Waals surface area contributed by atoms with E-state index in [1.807, 2.05) is 67.6 Å². The van der Waals surface area contributed by atoms with Crippen molar-refractivity contribution in [2.24, 2.45) is 20.0 Å². The van der Waals surface area contributed by atoms with Crippen LogP contribution >= 0.6 is 0 Å². The summed E-state index contributed by atoms with van der Waals surface area (Å²) >= 11 is 0. The molecule has 332 valence electrons. The van der Waals surface area contributed by atoms with Gasteiger partial charge in [-0.15, -0.1) is 0 Å². The van der Waals surface area contributed by atoms with Crippen LogP contribution in [0, 0.1) is 0 Å². The number of hydrogen-bond donors (Lipinski definition) is 4. The molecule has 0 aliphatic carbocycles. The van der Waals surface area contributed by atoms with Crippen LogP contribution in [-0.4, -0.2) is 80.3 Å². The van der Waals surface area contributed by atoms with Crippen LogP contribution in [0.3, 0.4) is 0 Å². The van der Waals surface area contributed by atoms with Crippen LogP contribution in [0.1, 0.15) is 46.5 Å². The number of methoxy groups -OCH3 is 4. The van der Waals surface area contributed by atoms with Crippen LogP contribution in [0.2, 0.25) is 0 Å². The van der Waals surface area contributed by atoms with E-state index in [1.54, 1.807) is 99.7 Å².